The number of hydrogen-bond donors (Lipinski definition) is 1. The molecule has 0 fully saturated rings. The van der Waals surface area contributed by atoms with E-state index < -0.39 is 0 Å². The van der Waals surface area contributed by atoms with Gasteiger partial charge in [0.05, 0.1) is 11.1 Å². The fraction of sp³-hybridized carbons (Fsp3) is 0.167. The summed E-state index contributed by atoms with van der Waals surface area (Å²) in [6.07, 6.45) is 1.55. The summed E-state index contributed by atoms with van der Waals surface area (Å²) < 4.78 is 2.48. The summed E-state index contributed by atoms with van der Waals surface area (Å²) in [6.45, 7) is 1.38. The predicted molar refractivity (Wildman–Crippen MR) is 71.3 cm³/mol. The molecule has 0 amide bonds. The number of nitrogens with two attached hydrogens (primary N) is 1. The third-order valence-electron chi connectivity index (χ3n) is 2.69. The fourth-order valence-electron chi connectivity index (χ4n) is 1.77. The number of anilines is 1. The summed E-state index contributed by atoms with van der Waals surface area (Å²) in [5.41, 5.74) is 6.88. The Morgan fingerprint density at radius 3 is 2.65 bits per heavy atom. The number of Topliss-reactive ketones (excluding diaryl/α,β-unsaturated/α-hetero) is 1. The van der Waals surface area contributed by atoms with Gasteiger partial charge in [-0.05, 0) is 35.0 Å². The zero-order valence-corrected chi connectivity index (χ0v) is 11.0. The maximum absolute atomic E-state index is 12.1. The van der Waals surface area contributed by atoms with E-state index in [1.165, 1.54) is 6.92 Å². The van der Waals surface area contributed by atoms with Gasteiger partial charge in [-0.15, -0.1) is 0 Å². The van der Waals surface area contributed by atoms with E-state index in [1.54, 1.807) is 29.9 Å². The Labute approximate surface area is 106 Å². The first-order valence-corrected chi connectivity index (χ1v) is 5.80. The molecule has 2 aromatic rings. The first kappa shape index (κ1) is 11.9. The van der Waals surface area contributed by atoms with Crippen LogP contribution in [0.25, 0.3) is 10.9 Å². The molecule has 0 spiro atoms. The highest BCUT2D eigenvalue weighted by Crippen LogP contribution is 2.24. The Hall–Kier alpha value is -1.62. The van der Waals surface area contributed by atoms with Crippen LogP contribution in [0.2, 0.25) is 0 Å². The number of carbonyl (C=O) groups is 1. The zero-order chi connectivity index (χ0) is 12.7. The number of carbonyl (C=O) groups excluding carboxylic acids is 1. The van der Waals surface area contributed by atoms with Crippen LogP contribution in [0.3, 0.4) is 0 Å². The van der Waals surface area contributed by atoms with Crippen LogP contribution in [0, 0.1) is 0 Å². The van der Waals surface area contributed by atoms with Gasteiger partial charge in [0.2, 0.25) is 0 Å². The summed E-state index contributed by atoms with van der Waals surface area (Å²) in [5.74, 6) is -0.242. The summed E-state index contributed by atoms with van der Waals surface area (Å²) >= 11 is 3.32. The minimum absolute atomic E-state index is 0.182. The molecule has 88 valence electrons. The maximum Gasteiger partial charge on any atom is 0.200 e. The molecule has 5 heteroatoms. The second-order valence-corrected chi connectivity index (χ2v) is 4.78. The molecule has 0 saturated carbocycles. The van der Waals surface area contributed by atoms with Gasteiger partial charge in [0.25, 0.3) is 0 Å². The van der Waals surface area contributed by atoms with Crippen LogP contribution in [0.15, 0.2) is 27.6 Å². The number of benzene rings is 1. The SMILES string of the molecule is CC(=O)c1cn(C)c2cc(Br)c(N)cc2c1=O. The molecule has 0 atom stereocenters. The Balaban J connectivity index is 2.99. The number of pyridine rings is 1. The Morgan fingerprint density at radius 2 is 2.06 bits per heavy atom. The van der Waals surface area contributed by atoms with Crippen molar-refractivity contribution < 1.29 is 4.79 Å². The van der Waals surface area contributed by atoms with Gasteiger partial charge in [-0.3, -0.25) is 9.59 Å². The topological polar surface area (TPSA) is 65.1 Å². The molecule has 0 aliphatic heterocycles. The van der Waals surface area contributed by atoms with Crippen LogP contribution >= 0.6 is 15.9 Å². The number of aryl methyl sites for hydroxylation is 1. The van der Waals surface area contributed by atoms with Crippen LogP contribution in [0.5, 0.6) is 0 Å². The van der Waals surface area contributed by atoms with Crippen LogP contribution < -0.4 is 11.2 Å². The molecule has 0 aliphatic rings. The lowest BCUT2D eigenvalue weighted by Gasteiger charge is -2.09. The van der Waals surface area contributed by atoms with Gasteiger partial charge in [-0.25, -0.2) is 0 Å². The van der Waals surface area contributed by atoms with Gasteiger partial charge in [-0.2, -0.15) is 0 Å². The van der Waals surface area contributed by atoms with Crippen molar-refractivity contribution in [3.63, 3.8) is 0 Å². The van der Waals surface area contributed by atoms with E-state index in [0.29, 0.717) is 11.1 Å². The third-order valence-corrected chi connectivity index (χ3v) is 3.37. The molecule has 1 aromatic heterocycles. The van der Waals surface area contributed by atoms with Crippen molar-refractivity contribution in [2.24, 2.45) is 7.05 Å². The van der Waals surface area contributed by atoms with Gasteiger partial charge < -0.3 is 10.3 Å². The lowest BCUT2D eigenvalue weighted by atomic mass is 10.1. The van der Waals surface area contributed by atoms with Crippen LogP contribution in [0.1, 0.15) is 17.3 Å². The Morgan fingerprint density at radius 1 is 1.41 bits per heavy atom. The van der Waals surface area contributed by atoms with Crippen molar-refractivity contribution in [3.05, 3.63) is 38.6 Å². The number of ketones is 1. The van der Waals surface area contributed by atoms with E-state index in [0.717, 1.165) is 9.99 Å². The highest BCUT2D eigenvalue weighted by Gasteiger charge is 2.12. The van der Waals surface area contributed by atoms with E-state index in [2.05, 4.69) is 15.9 Å². The summed E-state index contributed by atoms with van der Waals surface area (Å²) in [4.78, 5) is 23.4. The number of aromatic nitrogens is 1. The van der Waals surface area contributed by atoms with E-state index >= 15 is 0 Å². The normalized spacial score (nSPS) is 10.8. The first-order chi connectivity index (χ1) is 7.91. The minimum atomic E-state index is -0.273. The van der Waals surface area contributed by atoms with Crippen molar-refractivity contribution in [3.8, 4) is 0 Å². The first-order valence-electron chi connectivity index (χ1n) is 5.01. The molecule has 0 aliphatic carbocycles. The highest BCUT2D eigenvalue weighted by atomic mass is 79.9. The van der Waals surface area contributed by atoms with Gasteiger partial charge in [0, 0.05) is 28.8 Å². The number of halogens is 1. The number of nitrogens with zero attached hydrogens (tertiary/aromatic N) is 1. The molecule has 4 nitrogen and oxygen atoms in total. The summed E-state index contributed by atoms with van der Waals surface area (Å²) in [5, 5.41) is 0.459. The van der Waals surface area contributed by atoms with E-state index in [-0.39, 0.29) is 16.8 Å². The molecule has 2 rings (SSSR count). The van der Waals surface area contributed by atoms with Gasteiger partial charge in [0.15, 0.2) is 11.2 Å². The summed E-state index contributed by atoms with van der Waals surface area (Å²) in [7, 11) is 1.79. The smallest absolute Gasteiger partial charge is 0.200 e. The number of fused-ring (bicyclic) bond motifs is 1. The number of rotatable bonds is 1. The van der Waals surface area contributed by atoms with Crippen LogP contribution in [0.4, 0.5) is 5.69 Å². The van der Waals surface area contributed by atoms with Crippen molar-refractivity contribution >= 4 is 38.3 Å². The van der Waals surface area contributed by atoms with Gasteiger partial charge >= 0.3 is 0 Å². The molecule has 1 heterocycles. The highest BCUT2D eigenvalue weighted by molar-refractivity contribution is 9.10. The average molecular weight is 295 g/mol. The largest absolute Gasteiger partial charge is 0.398 e. The van der Waals surface area contributed by atoms with Crippen molar-refractivity contribution in [2.75, 3.05) is 5.73 Å². The van der Waals surface area contributed by atoms with E-state index in [1.807, 2.05) is 0 Å². The number of nitrogen functional groups attached to an aromatic ring is 1. The Kier molecular flexibility index (Phi) is 2.79. The lowest BCUT2D eigenvalue weighted by molar-refractivity contribution is 0.101. The van der Waals surface area contributed by atoms with Gasteiger partial charge in [0.1, 0.15) is 0 Å². The average Bonchev–Trinajstić information content (AvgIpc) is 2.25. The molecular formula is C12H11BrN2O2. The van der Waals surface area contributed by atoms with Crippen LogP contribution in [-0.4, -0.2) is 10.4 Å². The third kappa shape index (κ3) is 1.86. The van der Waals surface area contributed by atoms with E-state index in [9.17, 15) is 9.59 Å². The quantitative estimate of drug-likeness (QED) is 0.647. The Bertz CT molecular complexity index is 689. The van der Waals surface area contributed by atoms with Crippen LogP contribution in [-0.2, 0) is 7.05 Å². The van der Waals surface area contributed by atoms with Crippen molar-refractivity contribution in [1.82, 2.24) is 4.57 Å². The van der Waals surface area contributed by atoms with Crippen molar-refractivity contribution in [1.29, 1.82) is 0 Å². The molecule has 0 unspecified atom stereocenters. The molecule has 1 aromatic carbocycles. The van der Waals surface area contributed by atoms with Gasteiger partial charge in [-0.1, -0.05) is 0 Å². The number of hydrogen-bond acceptors (Lipinski definition) is 3. The molecule has 17 heavy (non-hydrogen) atoms. The van der Waals surface area contributed by atoms with E-state index in [4.69, 9.17) is 5.73 Å². The lowest BCUT2D eigenvalue weighted by Crippen LogP contribution is -2.16. The fourth-order valence-corrected chi connectivity index (χ4v) is 2.10. The second kappa shape index (κ2) is 4.00. The summed E-state index contributed by atoms with van der Waals surface area (Å²) in [6, 6.07) is 3.37. The van der Waals surface area contributed by atoms with Crippen molar-refractivity contribution in [2.45, 2.75) is 6.92 Å². The molecular weight excluding hydrogens is 284 g/mol. The molecule has 0 saturated heterocycles. The predicted octanol–water partition coefficient (Wildman–Crippen LogP) is 2.09. The standard InChI is InChI=1S/C12H11BrN2O2/c1-6(16)8-5-15(2)11-4-9(13)10(14)3-7(11)12(8)17/h3-5H,14H2,1-2H3. The molecule has 2 N–H and O–H groups in total. The second-order valence-electron chi connectivity index (χ2n) is 3.93. The zero-order valence-electron chi connectivity index (χ0n) is 9.45. The minimum Gasteiger partial charge on any atom is -0.398 e. The maximum atomic E-state index is 12.1. The molecule has 0 bridgehead atoms. The monoisotopic (exact) mass is 294 g/mol. The molecule has 0 radical (unpaired) electrons.